The van der Waals surface area contributed by atoms with E-state index in [2.05, 4.69) is 6.58 Å². The van der Waals surface area contributed by atoms with E-state index >= 15 is 0 Å². The Morgan fingerprint density at radius 1 is 1.18 bits per heavy atom. The molecule has 7 nitrogen and oxygen atoms in total. The summed E-state index contributed by atoms with van der Waals surface area (Å²) in [6, 6.07) is 8.76. The summed E-state index contributed by atoms with van der Waals surface area (Å²) in [5.74, 6) is -0.327. The molecule has 0 saturated carbocycles. The Balaban J connectivity index is 1.83. The number of carbonyl (C=O) groups is 1. The fourth-order valence-electron chi connectivity index (χ4n) is 4.03. The normalized spacial score (nSPS) is 14.7. The van der Waals surface area contributed by atoms with Gasteiger partial charge < -0.3 is 14.2 Å². The number of rotatable bonds is 6. The van der Waals surface area contributed by atoms with Gasteiger partial charge in [0.25, 0.3) is 0 Å². The van der Waals surface area contributed by atoms with Crippen molar-refractivity contribution in [3.8, 4) is 0 Å². The molecule has 34 heavy (non-hydrogen) atoms. The van der Waals surface area contributed by atoms with Gasteiger partial charge in [-0.2, -0.15) is 0 Å². The molecule has 1 unspecified atom stereocenters. The van der Waals surface area contributed by atoms with Crippen molar-refractivity contribution >= 4 is 73.3 Å². The second-order valence-electron chi connectivity index (χ2n) is 8.00. The third-order valence-electron chi connectivity index (χ3n) is 5.70. The summed E-state index contributed by atoms with van der Waals surface area (Å²) >= 11 is 19.1. The molecular formula is C23H22Cl3N3O4S. The van der Waals surface area contributed by atoms with Crippen LogP contribution in [-0.4, -0.2) is 36.7 Å². The topological polar surface area (TPSA) is 81.5 Å². The van der Waals surface area contributed by atoms with Crippen molar-refractivity contribution in [2.75, 3.05) is 17.7 Å². The standard InChI is InChI=1S/C23H22Cl3N3O4S/c1-4-19(33-22(30)13(2)34(3,31)32)15-7-8-16(25)20-21(15)29-11-5-10-28(23(29)27-20)18-9-6-14(24)12-17(18)26/h6-9,12,19H,2,4-5,10-11H2,1,3H3. The van der Waals surface area contributed by atoms with Gasteiger partial charge in [-0.1, -0.05) is 54.4 Å². The van der Waals surface area contributed by atoms with E-state index in [-0.39, 0.29) is 0 Å². The number of ether oxygens (including phenoxy) is 1. The third-order valence-corrected chi connectivity index (χ3v) is 7.61. The Kier molecular flexibility index (Phi) is 6.88. The lowest BCUT2D eigenvalue weighted by Crippen LogP contribution is -2.28. The molecule has 1 aliphatic rings. The highest BCUT2D eigenvalue weighted by molar-refractivity contribution is 7.95. The quantitative estimate of drug-likeness (QED) is 0.277. The molecule has 0 amide bonds. The first kappa shape index (κ1) is 24.9. The Morgan fingerprint density at radius 3 is 2.56 bits per heavy atom. The predicted octanol–water partition coefficient (Wildman–Crippen LogP) is 6.09. The second kappa shape index (κ2) is 9.41. The van der Waals surface area contributed by atoms with E-state index in [1.807, 2.05) is 22.5 Å². The van der Waals surface area contributed by atoms with Crippen molar-refractivity contribution in [3.63, 3.8) is 0 Å². The van der Waals surface area contributed by atoms with Gasteiger partial charge in [0.15, 0.2) is 9.84 Å². The highest BCUT2D eigenvalue weighted by atomic mass is 35.5. The number of anilines is 2. The first-order valence-corrected chi connectivity index (χ1v) is 13.6. The Bertz CT molecular complexity index is 1420. The van der Waals surface area contributed by atoms with Crippen LogP contribution < -0.4 is 4.90 Å². The number of sulfone groups is 1. The lowest BCUT2D eigenvalue weighted by Gasteiger charge is -2.30. The summed E-state index contributed by atoms with van der Waals surface area (Å²) in [4.78, 5) is 18.7. The van der Waals surface area contributed by atoms with Gasteiger partial charge in [0, 0.05) is 29.9 Å². The zero-order valence-electron chi connectivity index (χ0n) is 18.5. The summed E-state index contributed by atoms with van der Waals surface area (Å²) in [6.45, 7) is 6.57. The number of hydrogen-bond donors (Lipinski definition) is 0. The number of carbonyl (C=O) groups excluding carboxylic acids is 1. The van der Waals surface area contributed by atoms with E-state index in [9.17, 15) is 13.2 Å². The average molecular weight is 543 g/mol. The minimum atomic E-state index is -3.77. The Morgan fingerprint density at radius 2 is 1.91 bits per heavy atom. The van der Waals surface area contributed by atoms with Gasteiger partial charge >= 0.3 is 5.97 Å². The van der Waals surface area contributed by atoms with Crippen LogP contribution in [0.25, 0.3) is 11.0 Å². The molecule has 1 atom stereocenters. The van der Waals surface area contributed by atoms with Crippen LogP contribution in [0.2, 0.25) is 15.1 Å². The molecule has 1 aromatic heterocycles. The van der Waals surface area contributed by atoms with Crippen molar-refractivity contribution in [1.29, 1.82) is 0 Å². The van der Waals surface area contributed by atoms with Gasteiger partial charge in [0.1, 0.15) is 16.5 Å². The number of aryl methyl sites for hydroxylation is 1. The summed E-state index contributed by atoms with van der Waals surface area (Å²) in [6.07, 6.45) is 1.42. The molecule has 0 radical (unpaired) electrons. The van der Waals surface area contributed by atoms with Crippen LogP contribution in [-0.2, 0) is 25.9 Å². The van der Waals surface area contributed by atoms with E-state index in [0.717, 1.165) is 23.9 Å². The first-order chi connectivity index (χ1) is 16.0. The van der Waals surface area contributed by atoms with E-state index in [1.165, 1.54) is 0 Å². The Labute approximate surface area is 212 Å². The summed E-state index contributed by atoms with van der Waals surface area (Å²) in [5, 5.41) is 1.48. The lowest BCUT2D eigenvalue weighted by molar-refractivity contribution is -0.143. The maximum Gasteiger partial charge on any atom is 0.349 e. The molecule has 1 aliphatic heterocycles. The van der Waals surface area contributed by atoms with E-state index in [4.69, 9.17) is 44.5 Å². The highest BCUT2D eigenvalue weighted by Crippen LogP contribution is 2.41. The predicted molar refractivity (Wildman–Crippen MR) is 136 cm³/mol. The number of esters is 1. The van der Waals surface area contributed by atoms with Gasteiger partial charge in [-0.25, -0.2) is 18.2 Å². The van der Waals surface area contributed by atoms with Gasteiger partial charge in [0.05, 0.1) is 21.2 Å². The molecule has 2 aromatic carbocycles. The van der Waals surface area contributed by atoms with E-state index in [1.54, 1.807) is 24.3 Å². The molecule has 0 fully saturated rings. The number of benzene rings is 2. The zero-order valence-corrected chi connectivity index (χ0v) is 21.6. The molecule has 180 valence electrons. The van der Waals surface area contributed by atoms with Gasteiger partial charge in [0.2, 0.25) is 5.95 Å². The SMILES string of the molecule is C=C(C(=O)OC(CC)c1ccc(Cl)c2nc3n(c12)CCCN3c1ccc(Cl)cc1Cl)S(C)(=O)=O. The van der Waals surface area contributed by atoms with Crippen LogP contribution in [0, 0.1) is 0 Å². The van der Waals surface area contributed by atoms with Crippen LogP contribution in [0.3, 0.4) is 0 Å². The lowest BCUT2D eigenvalue weighted by atomic mass is 10.0. The number of fused-ring (bicyclic) bond motifs is 3. The number of hydrogen-bond acceptors (Lipinski definition) is 6. The molecule has 0 N–H and O–H groups in total. The van der Waals surface area contributed by atoms with Crippen molar-refractivity contribution in [2.24, 2.45) is 0 Å². The molecule has 4 rings (SSSR count). The molecule has 2 heterocycles. The fourth-order valence-corrected chi connectivity index (χ4v) is 5.08. The summed E-state index contributed by atoms with van der Waals surface area (Å²) < 4.78 is 31.1. The fraction of sp³-hybridized carbons (Fsp3) is 0.304. The largest absolute Gasteiger partial charge is 0.453 e. The van der Waals surface area contributed by atoms with Crippen LogP contribution >= 0.6 is 34.8 Å². The molecular weight excluding hydrogens is 521 g/mol. The zero-order chi connectivity index (χ0) is 24.8. The molecule has 0 aliphatic carbocycles. The summed E-state index contributed by atoms with van der Waals surface area (Å²) in [5.41, 5.74) is 2.73. The maximum atomic E-state index is 12.5. The van der Waals surface area contributed by atoms with Gasteiger partial charge in [-0.3, -0.25) is 0 Å². The minimum Gasteiger partial charge on any atom is -0.453 e. The first-order valence-electron chi connectivity index (χ1n) is 10.5. The van der Waals surface area contributed by atoms with E-state index < -0.39 is 26.8 Å². The van der Waals surface area contributed by atoms with Gasteiger partial charge in [-0.05, 0) is 37.1 Å². The maximum absolute atomic E-state index is 12.5. The second-order valence-corrected chi connectivity index (χ2v) is 11.3. The number of nitrogens with zero attached hydrogens (tertiary/aromatic N) is 3. The number of aromatic nitrogens is 2. The Hall–Kier alpha value is -2.26. The monoisotopic (exact) mass is 541 g/mol. The van der Waals surface area contributed by atoms with Crippen molar-refractivity contribution < 1.29 is 17.9 Å². The molecule has 0 spiro atoms. The van der Waals surface area contributed by atoms with Gasteiger partial charge in [-0.15, -0.1) is 0 Å². The smallest absolute Gasteiger partial charge is 0.349 e. The van der Waals surface area contributed by atoms with Crippen LogP contribution in [0.15, 0.2) is 41.8 Å². The average Bonchev–Trinajstić information content (AvgIpc) is 3.18. The van der Waals surface area contributed by atoms with E-state index in [0.29, 0.717) is 51.6 Å². The third kappa shape index (κ3) is 4.52. The molecule has 0 bridgehead atoms. The summed E-state index contributed by atoms with van der Waals surface area (Å²) in [7, 11) is -3.77. The molecule has 0 saturated heterocycles. The molecule has 11 heteroatoms. The van der Waals surface area contributed by atoms with Crippen molar-refractivity contribution in [2.45, 2.75) is 32.4 Å². The molecule has 3 aromatic rings. The minimum absolute atomic E-state index is 0.409. The van der Waals surface area contributed by atoms with Crippen molar-refractivity contribution in [3.05, 3.63) is 62.4 Å². The highest BCUT2D eigenvalue weighted by Gasteiger charge is 2.30. The number of halogens is 3. The van der Waals surface area contributed by atoms with Crippen LogP contribution in [0.4, 0.5) is 11.6 Å². The van der Waals surface area contributed by atoms with Crippen LogP contribution in [0.1, 0.15) is 31.4 Å². The van der Waals surface area contributed by atoms with Crippen molar-refractivity contribution in [1.82, 2.24) is 9.55 Å². The van der Waals surface area contributed by atoms with Crippen LogP contribution in [0.5, 0.6) is 0 Å². The number of imidazole rings is 1.